The molecule has 1 spiro atoms. The number of carbonyl (C=O) groups is 2. The van der Waals surface area contributed by atoms with Crippen molar-refractivity contribution in [1.29, 1.82) is 0 Å². The molecule has 2 aliphatic carbocycles. The Balaban J connectivity index is 1.26. The van der Waals surface area contributed by atoms with Gasteiger partial charge in [-0.15, -0.1) is 0 Å². The molecule has 4 nitrogen and oxygen atoms in total. The van der Waals surface area contributed by atoms with Crippen molar-refractivity contribution in [3.05, 3.63) is 35.6 Å². The number of aryl methyl sites for hydroxylation is 1. The molecule has 0 radical (unpaired) electrons. The molecule has 4 rings (SSSR count). The zero-order valence-corrected chi connectivity index (χ0v) is 15.3. The predicted molar refractivity (Wildman–Crippen MR) is 96.9 cm³/mol. The van der Waals surface area contributed by atoms with Crippen LogP contribution in [0.25, 0.3) is 0 Å². The van der Waals surface area contributed by atoms with Gasteiger partial charge in [0.15, 0.2) is 0 Å². The molecule has 1 heterocycles. The first-order valence-electron chi connectivity index (χ1n) is 9.88. The van der Waals surface area contributed by atoms with Gasteiger partial charge in [-0.25, -0.2) is 4.39 Å². The van der Waals surface area contributed by atoms with Gasteiger partial charge in [-0.2, -0.15) is 0 Å². The topological polar surface area (TPSA) is 40.6 Å². The molecule has 2 amide bonds. The Labute approximate surface area is 154 Å². The lowest BCUT2D eigenvalue weighted by molar-refractivity contribution is -0.135. The Hall–Kier alpha value is -1.91. The van der Waals surface area contributed by atoms with Crippen LogP contribution >= 0.6 is 0 Å². The third kappa shape index (κ3) is 3.49. The van der Waals surface area contributed by atoms with E-state index in [1.807, 2.05) is 15.9 Å². The summed E-state index contributed by atoms with van der Waals surface area (Å²) in [6, 6.07) is 6.43. The first-order chi connectivity index (χ1) is 12.6. The van der Waals surface area contributed by atoms with Gasteiger partial charge in [-0.05, 0) is 55.2 Å². The van der Waals surface area contributed by atoms with Crippen LogP contribution in [-0.4, -0.2) is 47.8 Å². The lowest BCUT2D eigenvalue weighted by atomic mass is 9.79. The summed E-state index contributed by atoms with van der Waals surface area (Å²) in [7, 11) is 0. The summed E-state index contributed by atoms with van der Waals surface area (Å²) in [5.74, 6) is 0.416. The Morgan fingerprint density at radius 1 is 1.08 bits per heavy atom. The molecule has 140 valence electrons. The molecule has 0 N–H and O–H groups in total. The summed E-state index contributed by atoms with van der Waals surface area (Å²) >= 11 is 0. The highest BCUT2D eigenvalue weighted by Gasteiger charge is 2.61. The van der Waals surface area contributed by atoms with Crippen LogP contribution in [0.5, 0.6) is 0 Å². The minimum absolute atomic E-state index is 0.102. The van der Waals surface area contributed by atoms with Crippen molar-refractivity contribution in [1.82, 2.24) is 9.80 Å². The molecule has 5 heteroatoms. The van der Waals surface area contributed by atoms with Crippen molar-refractivity contribution in [2.45, 2.75) is 44.9 Å². The van der Waals surface area contributed by atoms with Crippen molar-refractivity contribution >= 4 is 11.8 Å². The lowest BCUT2D eigenvalue weighted by Crippen LogP contribution is -2.39. The minimum Gasteiger partial charge on any atom is -0.341 e. The molecule has 1 aromatic carbocycles. The number of carbonyl (C=O) groups excluding carboxylic acids is 2. The van der Waals surface area contributed by atoms with Crippen LogP contribution in [0.1, 0.15) is 44.1 Å². The lowest BCUT2D eigenvalue weighted by Gasteiger charge is -2.28. The summed E-state index contributed by atoms with van der Waals surface area (Å²) in [5.41, 5.74) is 1.22. The summed E-state index contributed by atoms with van der Waals surface area (Å²) < 4.78 is 13.2. The van der Waals surface area contributed by atoms with E-state index in [0.29, 0.717) is 43.8 Å². The molecule has 1 aliphatic heterocycles. The standard InChI is InChI=1S/C21H27FN2O2/c22-17-5-1-4-16(14-17)6-7-19(25)23-10-3-11-24(13-12-23)20(26)18-15-21(18)8-2-9-21/h1,4-5,14,18H,2-3,6-13,15H2. The van der Waals surface area contributed by atoms with E-state index in [2.05, 4.69) is 0 Å². The molecule has 1 aromatic rings. The molecule has 3 aliphatic rings. The molecular weight excluding hydrogens is 331 g/mol. The second-order valence-electron chi connectivity index (χ2n) is 8.16. The Bertz CT molecular complexity index is 701. The van der Waals surface area contributed by atoms with Crippen molar-refractivity contribution in [2.75, 3.05) is 26.2 Å². The number of hydrogen-bond donors (Lipinski definition) is 0. The Kier molecular flexibility index (Phi) is 4.72. The van der Waals surface area contributed by atoms with Gasteiger partial charge in [0, 0.05) is 38.5 Å². The highest BCUT2D eigenvalue weighted by molar-refractivity contribution is 5.83. The first kappa shape index (κ1) is 17.5. The van der Waals surface area contributed by atoms with Gasteiger partial charge in [0.2, 0.25) is 11.8 Å². The van der Waals surface area contributed by atoms with Gasteiger partial charge in [-0.3, -0.25) is 9.59 Å². The maximum absolute atomic E-state index is 13.2. The van der Waals surface area contributed by atoms with E-state index in [4.69, 9.17) is 0 Å². The summed E-state index contributed by atoms with van der Waals surface area (Å²) in [5, 5.41) is 0. The highest BCUT2D eigenvalue weighted by atomic mass is 19.1. The van der Waals surface area contributed by atoms with Crippen LogP contribution in [0.4, 0.5) is 4.39 Å². The first-order valence-corrected chi connectivity index (χ1v) is 9.88. The van der Waals surface area contributed by atoms with E-state index in [1.165, 1.54) is 31.4 Å². The van der Waals surface area contributed by atoms with Crippen LogP contribution in [0.15, 0.2) is 24.3 Å². The fourth-order valence-corrected chi connectivity index (χ4v) is 4.59. The fraction of sp³-hybridized carbons (Fsp3) is 0.619. The highest BCUT2D eigenvalue weighted by Crippen LogP contribution is 2.65. The number of amides is 2. The molecule has 26 heavy (non-hydrogen) atoms. The van der Waals surface area contributed by atoms with Crippen LogP contribution < -0.4 is 0 Å². The molecule has 3 fully saturated rings. The number of rotatable bonds is 4. The molecule has 1 saturated heterocycles. The maximum atomic E-state index is 13.2. The van der Waals surface area contributed by atoms with Crippen molar-refractivity contribution < 1.29 is 14.0 Å². The SMILES string of the molecule is O=C(CCc1cccc(F)c1)N1CCCN(C(=O)C2CC23CCC3)CC1. The number of nitrogens with zero attached hydrogens (tertiary/aromatic N) is 2. The normalized spacial score (nSPS) is 24.1. The fourth-order valence-electron chi connectivity index (χ4n) is 4.59. The summed E-state index contributed by atoms with van der Waals surface area (Å²) in [4.78, 5) is 29.1. The van der Waals surface area contributed by atoms with Crippen molar-refractivity contribution in [3.63, 3.8) is 0 Å². The largest absolute Gasteiger partial charge is 0.341 e. The zero-order valence-electron chi connectivity index (χ0n) is 15.3. The van der Waals surface area contributed by atoms with Crippen LogP contribution in [0.2, 0.25) is 0 Å². The van der Waals surface area contributed by atoms with E-state index in [-0.39, 0.29) is 17.6 Å². The van der Waals surface area contributed by atoms with Gasteiger partial charge < -0.3 is 9.80 Å². The minimum atomic E-state index is -0.261. The second-order valence-corrected chi connectivity index (χ2v) is 8.16. The van der Waals surface area contributed by atoms with Crippen molar-refractivity contribution in [3.8, 4) is 0 Å². The second kappa shape index (κ2) is 7.01. The van der Waals surface area contributed by atoms with Gasteiger partial charge in [0.25, 0.3) is 0 Å². The Morgan fingerprint density at radius 2 is 1.85 bits per heavy atom. The summed E-state index contributed by atoms with van der Waals surface area (Å²) in [6.07, 6.45) is 6.60. The third-order valence-electron chi connectivity index (χ3n) is 6.51. The predicted octanol–water partition coefficient (Wildman–Crippen LogP) is 3.01. The monoisotopic (exact) mass is 358 g/mol. The van der Waals surface area contributed by atoms with Gasteiger partial charge in [0.1, 0.15) is 5.82 Å². The van der Waals surface area contributed by atoms with E-state index >= 15 is 0 Å². The number of halogens is 1. The number of benzene rings is 1. The smallest absolute Gasteiger partial charge is 0.226 e. The van der Waals surface area contributed by atoms with Gasteiger partial charge in [0.05, 0.1) is 0 Å². The Morgan fingerprint density at radius 3 is 2.54 bits per heavy atom. The maximum Gasteiger partial charge on any atom is 0.226 e. The average Bonchev–Trinajstić information content (AvgIpc) is 3.39. The zero-order chi connectivity index (χ0) is 18.1. The van der Waals surface area contributed by atoms with Gasteiger partial charge >= 0.3 is 0 Å². The molecule has 0 aromatic heterocycles. The molecule has 2 saturated carbocycles. The molecular formula is C21H27FN2O2. The van der Waals surface area contributed by atoms with E-state index < -0.39 is 0 Å². The van der Waals surface area contributed by atoms with E-state index in [0.717, 1.165) is 24.9 Å². The average molecular weight is 358 g/mol. The quantitative estimate of drug-likeness (QED) is 0.830. The van der Waals surface area contributed by atoms with Crippen LogP contribution in [0.3, 0.4) is 0 Å². The summed E-state index contributed by atoms with van der Waals surface area (Å²) in [6.45, 7) is 2.74. The molecule has 1 unspecified atom stereocenters. The van der Waals surface area contributed by atoms with E-state index in [1.54, 1.807) is 6.07 Å². The van der Waals surface area contributed by atoms with Crippen molar-refractivity contribution in [2.24, 2.45) is 11.3 Å². The van der Waals surface area contributed by atoms with Gasteiger partial charge in [-0.1, -0.05) is 18.6 Å². The third-order valence-corrected chi connectivity index (χ3v) is 6.51. The molecule has 0 bridgehead atoms. The van der Waals surface area contributed by atoms with Crippen LogP contribution in [-0.2, 0) is 16.0 Å². The molecule has 1 atom stereocenters. The number of hydrogen-bond acceptors (Lipinski definition) is 2. The van der Waals surface area contributed by atoms with Crippen LogP contribution in [0, 0.1) is 17.2 Å². The van der Waals surface area contributed by atoms with E-state index in [9.17, 15) is 14.0 Å².